The predicted molar refractivity (Wildman–Crippen MR) is 98.6 cm³/mol. The molecule has 0 saturated heterocycles. The predicted octanol–water partition coefficient (Wildman–Crippen LogP) is 5.85. The summed E-state index contributed by atoms with van der Waals surface area (Å²) in [5.74, 6) is 3.08. The van der Waals surface area contributed by atoms with Crippen LogP contribution in [0.15, 0.2) is 48.5 Å². The molecule has 0 unspecified atom stereocenters. The number of hydrogen-bond donors (Lipinski definition) is 0. The fraction of sp³-hybridized carbons (Fsp3) is 0.429. The molecule has 0 radical (unpaired) electrons. The average Bonchev–Trinajstić information content (AvgIpc) is 2.55. The van der Waals surface area contributed by atoms with Crippen LogP contribution in [-0.2, 0) is 0 Å². The van der Waals surface area contributed by atoms with Crippen molar-refractivity contribution in [1.82, 2.24) is 0 Å². The van der Waals surface area contributed by atoms with Gasteiger partial charge in [-0.3, -0.25) is 0 Å². The van der Waals surface area contributed by atoms with Gasteiger partial charge in [0.25, 0.3) is 0 Å². The maximum atomic E-state index is 5.52. The van der Waals surface area contributed by atoms with Crippen molar-refractivity contribution >= 4 is 0 Å². The Labute approximate surface area is 141 Å². The van der Waals surface area contributed by atoms with E-state index in [1.807, 2.05) is 24.3 Å². The molecule has 0 fully saturated rings. The molecule has 0 heterocycles. The molecule has 0 aliphatic heterocycles. The number of methoxy groups -OCH3 is 1. The van der Waals surface area contributed by atoms with Crippen molar-refractivity contribution in [3.8, 4) is 11.5 Å². The van der Waals surface area contributed by atoms with Crippen LogP contribution in [0.4, 0.5) is 0 Å². The molecule has 0 N–H and O–H groups in total. The Hall–Kier alpha value is -1.96. The molecule has 0 bridgehead atoms. The van der Waals surface area contributed by atoms with E-state index in [9.17, 15) is 0 Å². The third-order valence-corrected chi connectivity index (χ3v) is 3.39. The number of rotatable bonds is 5. The summed E-state index contributed by atoms with van der Waals surface area (Å²) in [5.41, 5.74) is 2.62. The quantitative estimate of drug-likeness (QED) is 0.689. The lowest BCUT2D eigenvalue weighted by atomic mass is 10.0. The summed E-state index contributed by atoms with van der Waals surface area (Å²) in [6.45, 7) is 11.5. The molecule has 126 valence electrons. The van der Waals surface area contributed by atoms with E-state index in [4.69, 9.17) is 9.47 Å². The van der Waals surface area contributed by atoms with Crippen LogP contribution >= 0.6 is 0 Å². The summed E-state index contributed by atoms with van der Waals surface area (Å²) >= 11 is 0. The van der Waals surface area contributed by atoms with E-state index < -0.39 is 0 Å². The summed E-state index contributed by atoms with van der Waals surface area (Å²) in [6.07, 6.45) is 0. The largest absolute Gasteiger partial charge is 0.497 e. The third kappa shape index (κ3) is 7.73. The van der Waals surface area contributed by atoms with Gasteiger partial charge in [-0.25, -0.2) is 0 Å². The van der Waals surface area contributed by atoms with Gasteiger partial charge in [-0.05, 0) is 48.6 Å². The van der Waals surface area contributed by atoms with Gasteiger partial charge >= 0.3 is 0 Å². The van der Waals surface area contributed by atoms with Gasteiger partial charge in [0.2, 0.25) is 0 Å². The van der Waals surface area contributed by atoms with E-state index in [2.05, 4.69) is 58.9 Å². The van der Waals surface area contributed by atoms with Crippen molar-refractivity contribution in [1.29, 1.82) is 0 Å². The van der Waals surface area contributed by atoms with E-state index in [0.29, 0.717) is 11.8 Å². The van der Waals surface area contributed by atoms with Crippen LogP contribution in [0, 0.1) is 12.8 Å². The summed E-state index contributed by atoms with van der Waals surface area (Å²) in [7, 11) is 1.68. The molecule has 0 saturated carbocycles. The molecule has 2 aromatic rings. The summed E-state index contributed by atoms with van der Waals surface area (Å²) in [4.78, 5) is 0. The molecule has 0 atom stereocenters. The first-order valence-corrected chi connectivity index (χ1v) is 8.25. The molecule has 0 aromatic heterocycles. The first-order valence-electron chi connectivity index (χ1n) is 8.25. The van der Waals surface area contributed by atoms with Crippen LogP contribution in [0.3, 0.4) is 0 Å². The van der Waals surface area contributed by atoms with E-state index in [1.54, 1.807) is 7.11 Å². The van der Waals surface area contributed by atoms with Gasteiger partial charge in [-0.15, -0.1) is 0 Å². The van der Waals surface area contributed by atoms with E-state index in [1.165, 1.54) is 11.1 Å². The highest BCUT2D eigenvalue weighted by molar-refractivity contribution is 5.28. The Kier molecular flexibility index (Phi) is 8.25. The molecular weight excluding hydrogens is 284 g/mol. The monoisotopic (exact) mass is 314 g/mol. The average molecular weight is 314 g/mol. The first kappa shape index (κ1) is 19.1. The fourth-order valence-electron chi connectivity index (χ4n) is 1.89. The lowest BCUT2D eigenvalue weighted by molar-refractivity contribution is 0.271. The zero-order chi connectivity index (χ0) is 17.2. The van der Waals surface area contributed by atoms with E-state index in [-0.39, 0.29) is 0 Å². The van der Waals surface area contributed by atoms with Crippen molar-refractivity contribution in [2.45, 2.75) is 40.5 Å². The maximum absolute atomic E-state index is 5.52. The third-order valence-electron chi connectivity index (χ3n) is 3.39. The van der Waals surface area contributed by atoms with Crippen LogP contribution in [0.5, 0.6) is 11.5 Å². The minimum atomic E-state index is 0.589. The highest BCUT2D eigenvalue weighted by atomic mass is 16.5. The van der Waals surface area contributed by atoms with Gasteiger partial charge in [-0.2, -0.15) is 0 Å². The summed E-state index contributed by atoms with van der Waals surface area (Å²) in [6, 6.07) is 16.3. The molecule has 0 aliphatic rings. The molecule has 0 aliphatic carbocycles. The second-order valence-electron chi connectivity index (χ2n) is 6.45. The Balaban J connectivity index is 0.000000231. The summed E-state index contributed by atoms with van der Waals surface area (Å²) in [5, 5.41) is 0. The standard InChI is InChI=1S/C11H16O.C10H14O/c1-9(2)8-12-11-6-4-10(3)5-7-11;1-8(2)9-4-6-10(11-3)7-5-9/h4-7,9H,8H2,1-3H3;4-8H,1-3H3. The lowest BCUT2D eigenvalue weighted by Crippen LogP contribution is -2.04. The van der Waals surface area contributed by atoms with Crippen LogP contribution in [0.1, 0.15) is 44.7 Å². The number of hydrogen-bond acceptors (Lipinski definition) is 2. The van der Waals surface area contributed by atoms with Crippen LogP contribution in [-0.4, -0.2) is 13.7 Å². The number of aryl methyl sites for hydroxylation is 1. The summed E-state index contributed by atoms with van der Waals surface area (Å²) < 4.78 is 10.6. The fourth-order valence-corrected chi connectivity index (χ4v) is 1.89. The van der Waals surface area contributed by atoms with Crippen LogP contribution in [0.2, 0.25) is 0 Å². The minimum absolute atomic E-state index is 0.589. The molecule has 2 nitrogen and oxygen atoms in total. The number of ether oxygens (including phenoxy) is 2. The van der Waals surface area contributed by atoms with E-state index >= 15 is 0 Å². The smallest absolute Gasteiger partial charge is 0.119 e. The zero-order valence-corrected chi connectivity index (χ0v) is 15.3. The molecule has 0 spiro atoms. The Bertz CT molecular complexity index is 539. The minimum Gasteiger partial charge on any atom is -0.497 e. The Morgan fingerprint density at radius 1 is 0.783 bits per heavy atom. The zero-order valence-electron chi connectivity index (χ0n) is 15.3. The van der Waals surface area contributed by atoms with Gasteiger partial charge in [0.1, 0.15) is 11.5 Å². The van der Waals surface area contributed by atoms with Gasteiger partial charge < -0.3 is 9.47 Å². The molecular formula is C21H30O2. The van der Waals surface area contributed by atoms with Gasteiger partial charge in [0.05, 0.1) is 13.7 Å². The van der Waals surface area contributed by atoms with Gasteiger partial charge in [0, 0.05) is 0 Å². The molecule has 23 heavy (non-hydrogen) atoms. The highest BCUT2D eigenvalue weighted by Crippen LogP contribution is 2.17. The van der Waals surface area contributed by atoms with Gasteiger partial charge in [0.15, 0.2) is 0 Å². The second-order valence-corrected chi connectivity index (χ2v) is 6.45. The van der Waals surface area contributed by atoms with Crippen LogP contribution < -0.4 is 9.47 Å². The molecule has 2 aromatic carbocycles. The Morgan fingerprint density at radius 2 is 1.30 bits per heavy atom. The maximum Gasteiger partial charge on any atom is 0.119 e. The Morgan fingerprint density at radius 3 is 1.74 bits per heavy atom. The SMILES string of the molecule is COc1ccc(C(C)C)cc1.Cc1ccc(OCC(C)C)cc1. The van der Waals surface area contributed by atoms with Crippen LogP contribution in [0.25, 0.3) is 0 Å². The number of benzene rings is 2. The first-order chi connectivity index (χ1) is 10.9. The van der Waals surface area contributed by atoms with Crippen molar-refractivity contribution < 1.29 is 9.47 Å². The molecule has 0 amide bonds. The highest BCUT2D eigenvalue weighted by Gasteiger charge is 1.97. The van der Waals surface area contributed by atoms with Crippen molar-refractivity contribution in [2.24, 2.45) is 5.92 Å². The van der Waals surface area contributed by atoms with Crippen molar-refractivity contribution in [3.63, 3.8) is 0 Å². The molecule has 2 rings (SSSR count). The van der Waals surface area contributed by atoms with Crippen molar-refractivity contribution in [2.75, 3.05) is 13.7 Å². The second kappa shape index (κ2) is 9.94. The van der Waals surface area contributed by atoms with Crippen molar-refractivity contribution in [3.05, 3.63) is 59.7 Å². The topological polar surface area (TPSA) is 18.5 Å². The van der Waals surface area contributed by atoms with E-state index in [0.717, 1.165) is 18.1 Å². The molecule has 2 heteroatoms. The lowest BCUT2D eigenvalue weighted by Gasteiger charge is -2.08. The van der Waals surface area contributed by atoms with Gasteiger partial charge in [-0.1, -0.05) is 57.5 Å². The normalized spacial score (nSPS) is 10.3.